The van der Waals surface area contributed by atoms with Crippen LogP contribution in [0.1, 0.15) is 27.7 Å². The van der Waals surface area contributed by atoms with Crippen LogP contribution < -0.4 is 0 Å². The van der Waals surface area contributed by atoms with Crippen LogP contribution in [0.25, 0.3) is 0 Å². The summed E-state index contributed by atoms with van der Waals surface area (Å²) in [5.74, 6) is -0.699. The number of rotatable bonds is 6. The molecular formula is C18H28FN3O3S. The van der Waals surface area contributed by atoms with E-state index < -0.39 is 15.8 Å². The van der Waals surface area contributed by atoms with E-state index in [9.17, 15) is 17.6 Å². The molecule has 1 aromatic carbocycles. The van der Waals surface area contributed by atoms with Crippen LogP contribution in [0.2, 0.25) is 0 Å². The summed E-state index contributed by atoms with van der Waals surface area (Å²) >= 11 is 0. The van der Waals surface area contributed by atoms with Gasteiger partial charge in [-0.15, -0.1) is 0 Å². The second kappa shape index (κ2) is 8.45. The molecule has 0 aromatic heterocycles. The fourth-order valence-corrected chi connectivity index (χ4v) is 4.85. The van der Waals surface area contributed by atoms with Crippen LogP contribution in [0.5, 0.6) is 0 Å². The van der Waals surface area contributed by atoms with E-state index in [-0.39, 0.29) is 42.5 Å². The lowest BCUT2D eigenvalue weighted by Gasteiger charge is -2.36. The van der Waals surface area contributed by atoms with E-state index in [4.69, 9.17) is 0 Å². The quantitative estimate of drug-likeness (QED) is 0.749. The number of piperazine rings is 1. The number of amides is 1. The number of carbonyl (C=O) groups excluding carboxylic acids is 1. The van der Waals surface area contributed by atoms with Crippen molar-refractivity contribution in [1.29, 1.82) is 0 Å². The molecule has 26 heavy (non-hydrogen) atoms. The number of sulfonamides is 1. The maximum absolute atomic E-state index is 13.9. The first-order valence-corrected chi connectivity index (χ1v) is 10.4. The molecule has 0 atom stereocenters. The van der Waals surface area contributed by atoms with E-state index >= 15 is 0 Å². The SMILES string of the molecule is CC(C)N(C(=O)CN1CCN(S(=O)(=O)c2ccccc2F)CC1)C(C)C. The van der Waals surface area contributed by atoms with Crippen molar-refractivity contribution in [1.82, 2.24) is 14.1 Å². The van der Waals surface area contributed by atoms with Crippen molar-refractivity contribution in [2.24, 2.45) is 0 Å². The molecule has 1 saturated heterocycles. The smallest absolute Gasteiger partial charge is 0.246 e. The zero-order valence-corrected chi connectivity index (χ0v) is 16.7. The van der Waals surface area contributed by atoms with Gasteiger partial charge in [0.1, 0.15) is 10.7 Å². The topological polar surface area (TPSA) is 60.9 Å². The van der Waals surface area contributed by atoms with Gasteiger partial charge in [-0.05, 0) is 39.8 Å². The molecule has 1 amide bonds. The van der Waals surface area contributed by atoms with Crippen molar-refractivity contribution >= 4 is 15.9 Å². The second-order valence-corrected chi connectivity index (χ2v) is 9.01. The zero-order valence-electron chi connectivity index (χ0n) is 15.9. The third kappa shape index (κ3) is 4.61. The summed E-state index contributed by atoms with van der Waals surface area (Å²) in [7, 11) is -3.85. The van der Waals surface area contributed by atoms with Crippen LogP contribution in [0, 0.1) is 5.82 Å². The maximum atomic E-state index is 13.9. The van der Waals surface area contributed by atoms with Crippen LogP contribution in [-0.4, -0.2) is 73.2 Å². The average Bonchev–Trinajstić information content (AvgIpc) is 2.54. The van der Waals surface area contributed by atoms with Crippen LogP contribution in [0.3, 0.4) is 0 Å². The molecule has 0 radical (unpaired) electrons. The fourth-order valence-electron chi connectivity index (χ4n) is 3.37. The molecule has 1 aromatic rings. The summed E-state index contributed by atoms with van der Waals surface area (Å²) in [6.45, 7) is 9.58. The van der Waals surface area contributed by atoms with E-state index in [1.807, 2.05) is 37.5 Å². The summed E-state index contributed by atoms with van der Waals surface area (Å²) in [6, 6.07) is 5.64. The molecule has 6 nitrogen and oxygen atoms in total. The zero-order chi connectivity index (χ0) is 19.5. The Kier molecular flexibility index (Phi) is 6.76. The third-order valence-electron chi connectivity index (χ3n) is 4.55. The van der Waals surface area contributed by atoms with Crippen molar-refractivity contribution in [3.05, 3.63) is 30.1 Å². The summed E-state index contributed by atoms with van der Waals surface area (Å²) in [5, 5.41) is 0. The van der Waals surface area contributed by atoms with E-state index in [1.165, 1.54) is 22.5 Å². The minimum Gasteiger partial charge on any atom is -0.337 e. The van der Waals surface area contributed by atoms with Crippen molar-refractivity contribution in [2.45, 2.75) is 44.7 Å². The van der Waals surface area contributed by atoms with Crippen molar-refractivity contribution < 1.29 is 17.6 Å². The predicted molar refractivity (Wildman–Crippen MR) is 98.7 cm³/mol. The highest BCUT2D eigenvalue weighted by atomic mass is 32.2. The number of nitrogens with zero attached hydrogens (tertiary/aromatic N) is 3. The number of hydrogen-bond acceptors (Lipinski definition) is 4. The Labute approximate surface area is 155 Å². The lowest BCUT2D eigenvalue weighted by molar-refractivity contribution is -0.136. The van der Waals surface area contributed by atoms with Gasteiger partial charge in [0.25, 0.3) is 0 Å². The van der Waals surface area contributed by atoms with Crippen molar-refractivity contribution in [3.63, 3.8) is 0 Å². The van der Waals surface area contributed by atoms with Gasteiger partial charge in [0.15, 0.2) is 0 Å². The van der Waals surface area contributed by atoms with E-state index in [2.05, 4.69) is 0 Å². The molecular weight excluding hydrogens is 357 g/mol. The molecule has 0 N–H and O–H groups in total. The molecule has 1 fully saturated rings. The Hall–Kier alpha value is -1.51. The summed E-state index contributed by atoms with van der Waals surface area (Å²) in [6.07, 6.45) is 0. The Morgan fingerprint density at radius 3 is 2.12 bits per heavy atom. The Morgan fingerprint density at radius 1 is 1.08 bits per heavy atom. The van der Waals surface area contributed by atoms with Crippen molar-refractivity contribution in [3.8, 4) is 0 Å². The summed E-state index contributed by atoms with van der Waals surface area (Å²) < 4.78 is 40.4. The number of hydrogen-bond donors (Lipinski definition) is 0. The van der Waals surface area contributed by atoms with Gasteiger partial charge < -0.3 is 4.90 Å². The average molecular weight is 386 g/mol. The molecule has 0 unspecified atom stereocenters. The highest BCUT2D eigenvalue weighted by molar-refractivity contribution is 7.89. The van der Waals surface area contributed by atoms with Gasteiger partial charge in [0, 0.05) is 38.3 Å². The van der Waals surface area contributed by atoms with Crippen molar-refractivity contribution in [2.75, 3.05) is 32.7 Å². The largest absolute Gasteiger partial charge is 0.337 e. The van der Waals surface area contributed by atoms with Crippen LogP contribution in [0.4, 0.5) is 4.39 Å². The van der Waals surface area contributed by atoms with Gasteiger partial charge in [-0.3, -0.25) is 9.69 Å². The minimum absolute atomic E-state index is 0.0420. The number of carbonyl (C=O) groups is 1. The third-order valence-corrected chi connectivity index (χ3v) is 6.48. The van der Waals surface area contributed by atoms with E-state index in [0.717, 1.165) is 6.07 Å². The summed E-state index contributed by atoms with van der Waals surface area (Å²) in [5.41, 5.74) is 0. The minimum atomic E-state index is -3.85. The molecule has 1 heterocycles. The Bertz CT molecular complexity index is 721. The van der Waals surface area contributed by atoms with Gasteiger partial charge in [0.05, 0.1) is 6.54 Å². The first kappa shape index (κ1) is 20.8. The molecule has 0 bridgehead atoms. The molecule has 0 saturated carbocycles. The standard InChI is InChI=1S/C18H28FN3O3S/c1-14(2)22(15(3)4)18(23)13-20-9-11-21(12-10-20)26(24,25)17-8-6-5-7-16(17)19/h5-8,14-15H,9-13H2,1-4H3. The number of halogens is 1. The normalized spacial score (nSPS) is 17.0. The number of benzene rings is 1. The summed E-state index contributed by atoms with van der Waals surface area (Å²) in [4.78, 5) is 16.0. The van der Waals surface area contributed by atoms with Gasteiger partial charge in [-0.25, -0.2) is 12.8 Å². The highest BCUT2D eigenvalue weighted by Crippen LogP contribution is 2.20. The fraction of sp³-hybridized carbons (Fsp3) is 0.611. The van der Waals surface area contributed by atoms with Gasteiger partial charge >= 0.3 is 0 Å². The molecule has 1 aliphatic heterocycles. The molecule has 8 heteroatoms. The first-order chi connectivity index (χ1) is 12.1. The lowest BCUT2D eigenvalue weighted by atomic mass is 10.2. The molecule has 0 aliphatic carbocycles. The lowest BCUT2D eigenvalue weighted by Crippen LogP contribution is -2.53. The molecule has 146 valence electrons. The Morgan fingerprint density at radius 2 is 1.62 bits per heavy atom. The van der Waals surface area contributed by atoms with Crippen LogP contribution in [0.15, 0.2) is 29.2 Å². The van der Waals surface area contributed by atoms with Gasteiger partial charge in [0.2, 0.25) is 15.9 Å². The monoisotopic (exact) mass is 385 g/mol. The van der Waals surface area contributed by atoms with Crippen LogP contribution >= 0.6 is 0 Å². The molecule has 0 spiro atoms. The van der Waals surface area contributed by atoms with Crippen LogP contribution in [-0.2, 0) is 14.8 Å². The predicted octanol–water partition coefficient (Wildman–Crippen LogP) is 1.78. The van der Waals surface area contributed by atoms with Gasteiger partial charge in [-0.1, -0.05) is 12.1 Å². The van der Waals surface area contributed by atoms with E-state index in [1.54, 1.807) is 0 Å². The second-order valence-electron chi connectivity index (χ2n) is 7.10. The highest BCUT2D eigenvalue weighted by Gasteiger charge is 2.31. The van der Waals surface area contributed by atoms with Gasteiger partial charge in [-0.2, -0.15) is 4.31 Å². The molecule has 2 rings (SSSR count). The first-order valence-electron chi connectivity index (χ1n) is 8.92. The Balaban J connectivity index is 1.99. The molecule has 1 aliphatic rings. The van der Waals surface area contributed by atoms with E-state index in [0.29, 0.717) is 13.1 Å². The maximum Gasteiger partial charge on any atom is 0.246 e.